The fourth-order valence-corrected chi connectivity index (χ4v) is 4.51. The summed E-state index contributed by atoms with van der Waals surface area (Å²) in [5.74, 6) is 0.284. The highest BCUT2D eigenvalue weighted by molar-refractivity contribution is 7.99. The molecule has 1 atom stereocenters. The lowest BCUT2D eigenvalue weighted by Gasteiger charge is -2.15. The van der Waals surface area contributed by atoms with Crippen molar-refractivity contribution in [2.75, 3.05) is 11.1 Å². The van der Waals surface area contributed by atoms with Crippen molar-refractivity contribution in [1.29, 1.82) is 0 Å². The van der Waals surface area contributed by atoms with Gasteiger partial charge >= 0.3 is 0 Å². The van der Waals surface area contributed by atoms with E-state index in [2.05, 4.69) is 25.8 Å². The maximum Gasteiger partial charge on any atom is 0.251 e. The number of thioether (sulfide) groups is 1. The lowest BCUT2D eigenvalue weighted by Crippen LogP contribution is -2.28. The van der Waals surface area contributed by atoms with Gasteiger partial charge in [-0.2, -0.15) is 0 Å². The van der Waals surface area contributed by atoms with Crippen molar-refractivity contribution in [3.8, 4) is 0 Å². The summed E-state index contributed by atoms with van der Waals surface area (Å²) in [4.78, 5) is 29.0. The third-order valence-electron chi connectivity index (χ3n) is 4.18. The van der Waals surface area contributed by atoms with Crippen molar-refractivity contribution < 1.29 is 9.59 Å². The first-order valence-corrected chi connectivity index (χ1v) is 11.9. The second-order valence-corrected chi connectivity index (χ2v) is 9.15. The number of aryl methyl sites for hydroxylation is 1. The third-order valence-corrected chi connectivity index (χ3v) is 6.76. The molecule has 1 aromatic carbocycles. The Morgan fingerprint density at radius 1 is 1.26 bits per heavy atom. The zero-order valence-corrected chi connectivity index (χ0v) is 20.1. The summed E-state index contributed by atoms with van der Waals surface area (Å²) in [5, 5.41) is 17.8. The van der Waals surface area contributed by atoms with E-state index in [1.165, 1.54) is 29.2 Å². The average Bonchev–Trinajstić information content (AvgIpc) is 3.33. The van der Waals surface area contributed by atoms with Gasteiger partial charge in [0, 0.05) is 17.5 Å². The van der Waals surface area contributed by atoms with E-state index in [9.17, 15) is 9.59 Å². The van der Waals surface area contributed by atoms with Crippen LogP contribution in [0.3, 0.4) is 0 Å². The number of benzene rings is 1. The van der Waals surface area contributed by atoms with Gasteiger partial charge in [0.25, 0.3) is 5.91 Å². The third kappa shape index (κ3) is 5.97. The van der Waals surface area contributed by atoms with Gasteiger partial charge in [-0.15, -0.1) is 21.5 Å². The fraction of sp³-hybridized carbons (Fsp3) is 0.316. The van der Waals surface area contributed by atoms with Crippen LogP contribution in [0.25, 0.3) is 0 Å². The monoisotopic (exact) mass is 498 g/mol. The van der Waals surface area contributed by atoms with Crippen LogP contribution in [0.1, 0.15) is 41.8 Å². The molecule has 3 aromatic rings. The van der Waals surface area contributed by atoms with Gasteiger partial charge in [-0.1, -0.05) is 35.0 Å². The predicted octanol–water partition coefficient (Wildman–Crippen LogP) is 4.59. The van der Waals surface area contributed by atoms with Crippen molar-refractivity contribution in [2.24, 2.45) is 0 Å². The lowest BCUT2D eigenvalue weighted by molar-refractivity contribution is -0.113. The summed E-state index contributed by atoms with van der Waals surface area (Å²) in [6, 6.07) is 4.28. The average molecular weight is 499 g/mol. The van der Waals surface area contributed by atoms with Gasteiger partial charge in [-0.05, 0) is 39.0 Å². The van der Waals surface area contributed by atoms with Crippen LogP contribution in [0, 0.1) is 6.92 Å². The van der Waals surface area contributed by atoms with E-state index in [1.54, 1.807) is 12.1 Å². The van der Waals surface area contributed by atoms with Crippen LogP contribution in [0.15, 0.2) is 28.7 Å². The molecule has 2 aromatic heterocycles. The zero-order chi connectivity index (χ0) is 22.5. The molecule has 2 heterocycles. The maximum atomic E-state index is 12.6. The predicted molar refractivity (Wildman–Crippen MR) is 124 cm³/mol. The van der Waals surface area contributed by atoms with Crippen molar-refractivity contribution in [1.82, 2.24) is 25.1 Å². The molecule has 164 valence electrons. The molecule has 2 amide bonds. The second-order valence-electron chi connectivity index (χ2n) is 6.54. The van der Waals surface area contributed by atoms with E-state index in [0.717, 1.165) is 5.69 Å². The highest BCUT2D eigenvalue weighted by atomic mass is 35.5. The molecule has 8 nitrogen and oxygen atoms in total. The van der Waals surface area contributed by atoms with Crippen LogP contribution in [0.2, 0.25) is 10.0 Å². The van der Waals surface area contributed by atoms with E-state index in [4.69, 9.17) is 23.2 Å². The van der Waals surface area contributed by atoms with Crippen molar-refractivity contribution in [3.05, 3.63) is 50.7 Å². The van der Waals surface area contributed by atoms with Crippen LogP contribution in [-0.4, -0.2) is 37.3 Å². The van der Waals surface area contributed by atoms with Gasteiger partial charge < -0.3 is 15.2 Å². The number of nitrogens with zero attached hydrogens (tertiary/aromatic N) is 4. The topological polar surface area (TPSA) is 102 Å². The standard InChI is InChI=1S/C19H20Cl2N6O2S2/c1-4-27-16(11(3)23-17(29)12-5-6-13(20)14(21)7-12)25-26-19(27)31-9-15(28)24-18-22-10(2)8-30-18/h5-8,11H,4,9H2,1-3H3,(H,23,29)(H,22,24,28)/t11-/m0/s1. The molecule has 31 heavy (non-hydrogen) atoms. The molecule has 0 aliphatic heterocycles. The van der Waals surface area contributed by atoms with Crippen LogP contribution < -0.4 is 10.6 Å². The smallest absolute Gasteiger partial charge is 0.251 e. The highest BCUT2D eigenvalue weighted by Gasteiger charge is 2.20. The Labute approximate surface area is 197 Å². The number of anilines is 1. The van der Waals surface area contributed by atoms with Crippen LogP contribution in [-0.2, 0) is 11.3 Å². The van der Waals surface area contributed by atoms with Gasteiger partial charge in [-0.3, -0.25) is 9.59 Å². The molecular formula is C19H20Cl2N6O2S2. The first kappa shape index (κ1) is 23.5. The molecular weight excluding hydrogens is 479 g/mol. The fourth-order valence-electron chi connectivity index (χ4n) is 2.70. The van der Waals surface area contributed by atoms with Crippen molar-refractivity contribution in [3.63, 3.8) is 0 Å². The van der Waals surface area contributed by atoms with Crippen molar-refractivity contribution >= 4 is 63.2 Å². The molecule has 12 heteroatoms. The Morgan fingerprint density at radius 3 is 2.68 bits per heavy atom. The summed E-state index contributed by atoms with van der Waals surface area (Å²) in [6.07, 6.45) is 0. The molecule has 0 spiro atoms. The number of thiazole rings is 1. The SMILES string of the molecule is CCn1c(SCC(=O)Nc2nc(C)cs2)nnc1[C@H](C)NC(=O)c1ccc(Cl)c(Cl)c1. The van der Waals surface area contributed by atoms with E-state index in [-0.39, 0.29) is 17.6 Å². The molecule has 2 N–H and O–H groups in total. The van der Waals surface area contributed by atoms with Crippen LogP contribution in [0.4, 0.5) is 5.13 Å². The molecule has 0 unspecified atom stereocenters. The van der Waals surface area contributed by atoms with E-state index < -0.39 is 6.04 Å². The van der Waals surface area contributed by atoms with Gasteiger partial charge in [0.05, 0.1) is 27.5 Å². The van der Waals surface area contributed by atoms with E-state index in [1.807, 2.05) is 30.7 Å². The maximum absolute atomic E-state index is 12.6. The molecule has 0 radical (unpaired) electrons. The van der Waals surface area contributed by atoms with Gasteiger partial charge in [0.1, 0.15) is 0 Å². The van der Waals surface area contributed by atoms with Gasteiger partial charge in [-0.25, -0.2) is 4.98 Å². The summed E-state index contributed by atoms with van der Waals surface area (Å²) in [5.41, 5.74) is 1.26. The molecule has 3 rings (SSSR count). The summed E-state index contributed by atoms with van der Waals surface area (Å²) >= 11 is 14.6. The molecule has 0 fully saturated rings. The first-order chi connectivity index (χ1) is 14.8. The molecule has 0 aliphatic rings. The Morgan fingerprint density at radius 2 is 2.03 bits per heavy atom. The first-order valence-electron chi connectivity index (χ1n) is 9.32. The Balaban J connectivity index is 1.63. The summed E-state index contributed by atoms with van der Waals surface area (Å²) in [7, 11) is 0. The van der Waals surface area contributed by atoms with E-state index >= 15 is 0 Å². The van der Waals surface area contributed by atoms with Gasteiger partial charge in [0.15, 0.2) is 16.1 Å². The summed E-state index contributed by atoms with van der Waals surface area (Å²) < 4.78 is 1.87. The lowest BCUT2D eigenvalue weighted by atomic mass is 10.2. The summed E-state index contributed by atoms with van der Waals surface area (Å²) in [6.45, 7) is 6.22. The second kappa shape index (κ2) is 10.4. The Hall–Kier alpha value is -2.14. The number of hydrogen-bond donors (Lipinski definition) is 2. The number of carbonyl (C=O) groups is 2. The van der Waals surface area contributed by atoms with E-state index in [0.29, 0.717) is 38.3 Å². The molecule has 0 saturated heterocycles. The number of halogens is 2. The Bertz CT molecular complexity index is 1100. The highest BCUT2D eigenvalue weighted by Crippen LogP contribution is 2.24. The molecule has 0 bridgehead atoms. The minimum atomic E-state index is -0.407. The number of carbonyl (C=O) groups excluding carboxylic acids is 2. The quantitative estimate of drug-likeness (QED) is 0.440. The Kier molecular flexibility index (Phi) is 7.93. The van der Waals surface area contributed by atoms with Crippen molar-refractivity contribution in [2.45, 2.75) is 38.5 Å². The van der Waals surface area contributed by atoms with Crippen LogP contribution >= 0.6 is 46.3 Å². The number of hydrogen-bond acceptors (Lipinski definition) is 7. The zero-order valence-electron chi connectivity index (χ0n) is 17.0. The number of nitrogens with one attached hydrogen (secondary N) is 2. The number of amides is 2. The van der Waals surface area contributed by atoms with Crippen LogP contribution in [0.5, 0.6) is 0 Å². The molecule has 0 saturated carbocycles. The minimum absolute atomic E-state index is 0.167. The normalized spacial score (nSPS) is 11.9. The van der Waals surface area contributed by atoms with Gasteiger partial charge in [0.2, 0.25) is 5.91 Å². The number of rotatable bonds is 8. The molecule has 0 aliphatic carbocycles. The minimum Gasteiger partial charge on any atom is -0.342 e. The largest absolute Gasteiger partial charge is 0.342 e. The number of aromatic nitrogens is 4.